The van der Waals surface area contributed by atoms with Crippen molar-refractivity contribution in [2.24, 2.45) is 11.8 Å². The van der Waals surface area contributed by atoms with Crippen LogP contribution < -0.4 is 0 Å². The van der Waals surface area contributed by atoms with Gasteiger partial charge in [-0.25, -0.2) is 0 Å². The molecule has 2 unspecified atom stereocenters. The van der Waals surface area contributed by atoms with Gasteiger partial charge in [0.1, 0.15) is 0 Å². The first-order valence-corrected chi connectivity index (χ1v) is 5.10. The molecule has 1 aliphatic rings. The summed E-state index contributed by atoms with van der Waals surface area (Å²) < 4.78 is 0.950. The maximum absolute atomic E-state index is 2.60. The van der Waals surface area contributed by atoms with Gasteiger partial charge in [-0.1, -0.05) is 49.3 Å². The van der Waals surface area contributed by atoms with Crippen molar-refractivity contribution in [1.82, 2.24) is 0 Å². The average Bonchev–Trinajstić information content (AvgIpc) is 1.83. The Kier molecular flexibility index (Phi) is 2.80. The lowest BCUT2D eigenvalue weighted by molar-refractivity contribution is 0.295. The van der Waals surface area contributed by atoms with Crippen LogP contribution in [0.5, 0.6) is 0 Å². The van der Waals surface area contributed by atoms with E-state index in [2.05, 4.69) is 36.4 Å². The molecule has 0 aromatic heterocycles. The molecule has 0 spiro atoms. The Balaban J connectivity index is 2.41. The number of halogens is 1. The first-order chi connectivity index (χ1) is 4.22. The predicted octanol–water partition coefficient (Wildman–Crippen LogP) is 3.25. The Morgan fingerprint density at radius 3 is 2.33 bits per heavy atom. The van der Waals surface area contributed by atoms with Gasteiger partial charge in [-0.2, -0.15) is 0 Å². The lowest BCUT2D eigenvalue weighted by Gasteiger charge is -2.30. The zero-order chi connectivity index (χ0) is 6.85. The molecule has 0 aromatic carbocycles. The van der Waals surface area contributed by atoms with E-state index in [-0.39, 0.29) is 0 Å². The van der Waals surface area contributed by atoms with Gasteiger partial charge in [-0.3, -0.25) is 0 Å². The predicted molar refractivity (Wildman–Crippen MR) is 50.0 cm³/mol. The zero-order valence-electron chi connectivity index (χ0n) is 6.23. The summed E-state index contributed by atoms with van der Waals surface area (Å²) in [6.07, 6.45) is 4.37. The standard InChI is InChI=1S/C8H15I/c1-6-4-3-5-8(9)7(6)2/h6-8H,3-5H2,1-2H3/t6?,7-,8?/m0/s1. The van der Waals surface area contributed by atoms with Gasteiger partial charge >= 0.3 is 0 Å². The third kappa shape index (κ3) is 1.82. The minimum Gasteiger partial charge on any atom is -0.0823 e. The topological polar surface area (TPSA) is 0 Å². The Morgan fingerprint density at radius 1 is 1.22 bits per heavy atom. The van der Waals surface area contributed by atoms with Crippen molar-refractivity contribution < 1.29 is 0 Å². The summed E-state index contributed by atoms with van der Waals surface area (Å²) >= 11 is 2.60. The van der Waals surface area contributed by atoms with Crippen molar-refractivity contribution in [3.8, 4) is 0 Å². The number of rotatable bonds is 0. The van der Waals surface area contributed by atoms with Gasteiger partial charge in [-0.15, -0.1) is 0 Å². The van der Waals surface area contributed by atoms with Gasteiger partial charge in [0.2, 0.25) is 0 Å². The van der Waals surface area contributed by atoms with Crippen LogP contribution in [-0.4, -0.2) is 3.92 Å². The Bertz CT molecular complexity index is 80.6. The lowest BCUT2D eigenvalue weighted by Crippen LogP contribution is -2.23. The molecule has 1 heteroatoms. The lowest BCUT2D eigenvalue weighted by atomic mass is 9.82. The van der Waals surface area contributed by atoms with E-state index < -0.39 is 0 Å². The van der Waals surface area contributed by atoms with Crippen LogP contribution in [-0.2, 0) is 0 Å². The minimum absolute atomic E-state index is 0.950. The summed E-state index contributed by atoms with van der Waals surface area (Å²) in [5, 5.41) is 0. The molecule has 54 valence electrons. The molecule has 0 amide bonds. The quantitative estimate of drug-likeness (QED) is 0.449. The number of hydrogen-bond donors (Lipinski definition) is 0. The van der Waals surface area contributed by atoms with E-state index in [0.29, 0.717) is 0 Å². The number of alkyl halides is 1. The zero-order valence-corrected chi connectivity index (χ0v) is 8.39. The molecule has 0 radical (unpaired) electrons. The van der Waals surface area contributed by atoms with E-state index in [1.54, 1.807) is 0 Å². The summed E-state index contributed by atoms with van der Waals surface area (Å²) in [5.41, 5.74) is 0. The monoisotopic (exact) mass is 238 g/mol. The van der Waals surface area contributed by atoms with Crippen LogP contribution in [0.3, 0.4) is 0 Å². The van der Waals surface area contributed by atoms with Gasteiger partial charge in [0.05, 0.1) is 0 Å². The molecule has 0 nitrogen and oxygen atoms in total. The van der Waals surface area contributed by atoms with Gasteiger partial charge in [-0.05, 0) is 18.3 Å². The molecule has 1 saturated carbocycles. The second-order valence-corrected chi connectivity index (χ2v) is 4.88. The van der Waals surface area contributed by atoms with Crippen molar-refractivity contribution in [2.75, 3.05) is 0 Å². The molecule has 1 aliphatic carbocycles. The Morgan fingerprint density at radius 2 is 1.89 bits per heavy atom. The molecular formula is C8H15I. The van der Waals surface area contributed by atoms with Gasteiger partial charge in [0.15, 0.2) is 0 Å². The van der Waals surface area contributed by atoms with Crippen LogP contribution in [0, 0.1) is 11.8 Å². The third-order valence-electron chi connectivity index (χ3n) is 2.61. The SMILES string of the molecule is CC1CCCC(I)[C@H]1C. The molecule has 9 heavy (non-hydrogen) atoms. The maximum atomic E-state index is 2.60. The molecule has 0 bridgehead atoms. The number of hydrogen-bond acceptors (Lipinski definition) is 0. The third-order valence-corrected chi connectivity index (χ3v) is 4.36. The Hall–Kier alpha value is 0.730. The smallest absolute Gasteiger partial charge is 0.0138 e. The molecular weight excluding hydrogens is 223 g/mol. The van der Waals surface area contributed by atoms with Crippen LogP contribution in [0.4, 0.5) is 0 Å². The summed E-state index contributed by atoms with van der Waals surface area (Å²) in [7, 11) is 0. The molecule has 0 heterocycles. The maximum Gasteiger partial charge on any atom is 0.0138 e. The van der Waals surface area contributed by atoms with Crippen LogP contribution in [0.15, 0.2) is 0 Å². The van der Waals surface area contributed by atoms with Crippen LogP contribution >= 0.6 is 22.6 Å². The largest absolute Gasteiger partial charge is 0.0823 e. The van der Waals surface area contributed by atoms with E-state index in [0.717, 1.165) is 15.8 Å². The highest BCUT2D eigenvalue weighted by atomic mass is 127. The van der Waals surface area contributed by atoms with Crippen molar-refractivity contribution >= 4 is 22.6 Å². The summed E-state index contributed by atoms with van der Waals surface area (Å²) in [5.74, 6) is 1.93. The van der Waals surface area contributed by atoms with E-state index >= 15 is 0 Å². The molecule has 3 atom stereocenters. The molecule has 0 aromatic rings. The summed E-state index contributed by atoms with van der Waals surface area (Å²) in [6, 6.07) is 0. The van der Waals surface area contributed by atoms with E-state index in [1.165, 1.54) is 19.3 Å². The fraction of sp³-hybridized carbons (Fsp3) is 1.00. The Labute approximate surface area is 71.5 Å². The molecule has 0 aliphatic heterocycles. The highest BCUT2D eigenvalue weighted by Crippen LogP contribution is 2.33. The molecule has 1 fully saturated rings. The van der Waals surface area contributed by atoms with Crippen LogP contribution in [0.25, 0.3) is 0 Å². The van der Waals surface area contributed by atoms with E-state index in [4.69, 9.17) is 0 Å². The van der Waals surface area contributed by atoms with Crippen molar-refractivity contribution in [2.45, 2.75) is 37.0 Å². The summed E-state index contributed by atoms with van der Waals surface area (Å²) in [4.78, 5) is 0. The van der Waals surface area contributed by atoms with Gasteiger partial charge < -0.3 is 0 Å². The normalized spacial score (nSPS) is 45.0. The van der Waals surface area contributed by atoms with Gasteiger partial charge in [0, 0.05) is 3.92 Å². The fourth-order valence-electron chi connectivity index (χ4n) is 1.52. The highest BCUT2D eigenvalue weighted by molar-refractivity contribution is 14.1. The van der Waals surface area contributed by atoms with Gasteiger partial charge in [0.25, 0.3) is 0 Å². The van der Waals surface area contributed by atoms with Crippen LogP contribution in [0.1, 0.15) is 33.1 Å². The van der Waals surface area contributed by atoms with Crippen LogP contribution in [0.2, 0.25) is 0 Å². The fourth-order valence-corrected chi connectivity index (χ4v) is 2.67. The summed E-state index contributed by atoms with van der Waals surface area (Å²) in [6.45, 7) is 4.77. The first kappa shape index (κ1) is 7.83. The highest BCUT2D eigenvalue weighted by Gasteiger charge is 2.24. The minimum atomic E-state index is 0.950. The molecule has 1 rings (SSSR count). The first-order valence-electron chi connectivity index (χ1n) is 3.86. The van der Waals surface area contributed by atoms with Crippen molar-refractivity contribution in [3.05, 3.63) is 0 Å². The second kappa shape index (κ2) is 3.22. The second-order valence-electron chi connectivity index (χ2n) is 3.28. The average molecular weight is 238 g/mol. The van der Waals surface area contributed by atoms with Crippen molar-refractivity contribution in [3.63, 3.8) is 0 Å². The molecule has 0 saturated heterocycles. The molecule has 0 N–H and O–H groups in total. The van der Waals surface area contributed by atoms with Crippen molar-refractivity contribution in [1.29, 1.82) is 0 Å². The van der Waals surface area contributed by atoms with E-state index in [1.807, 2.05) is 0 Å². The van der Waals surface area contributed by atoms with E-state index in [9.17, 15) is 0 Å².